The third-order valence-corrected chi connectivity index (χ3v) is 29.2. The molecule has 4 aromatic carbocycles. The lowest BCUT2D eigenvalue weighted by Gasteiger charge is -2.27. The summed E-state index contributed by atoms with van der Waals surface area (Å²) < 4.78 is 53.3. The SMILES string of the molecule is CCCCCCCCCCCCC(=O)Oc1cc2c(cc1OC(=O)CCCCCCCCCCCC)-c1cc(OC(=O)CCCCCCCCCCCC)c(OC(=O)CCCCCCCCCCCC)cc1-c1cc(OC(=O)CCCCCCCCCCCC)c(OC(=O)CCCCCCCCCCCC)cc1-c1cc(OC(=O)CCCCCCCCCCCC)c(OC(=O)CCCCCCCCCCCC)cc1-2. The van der Waals surface area contributed by atoms with Crippen molar-refractivity contribution in [3.8, 4) is 90.5 Å². The fourth-order valence-electron chi connectivity index (χ4n) is 20.1. The van der Waals surface area contributed by atoms with E-state index < -0.39 is 47.8 Å². The Morgan fingerprint density at radius 2 is 0.188 bits per heavy atom. The Labute approximate surface area is 878 Å². The summed E-state index contributed by atoms with van der Waals surface area (Å²) >= 11 is 0. The van der Waals surface area contributed by atoms with Crippen molar-refractivity contribution in [3.05, 3.63) is 48.5 Å². The minimum Gasteiger partial charge on any atom is -0.422 e. The molecule has 0 aromatic heterocycles. The molecule has 16 heteroatoms. The van der Waals surface area contributed by atoms with Crippen molar-refractivity contribution < 1.29 is 76.3 Å². The monoisotopic (exact) mass is 2000 g/mol. The van der Waals surface area contributed by atoms with Crippen LogP contribution in [0, 0.1) is 0 Å². The molecule has 0 aliphatic heterocycles. The average Bonchev–Trinajstić information content (AvgIpc) is 0.722. The van der Waals surface area contributed by atoms with E-state index >= 15 is 38.4 Å². The van der Waals surface area contributed by atoms with Gasteiger partial charge in [-0.05, 0) is 144 Å². The molecule has 0 amide bonds. The number of benzene rings is 4. The normalized spacial score (nSPS) is 11.5. The van der Waals surface area contributed by atoms with E-state index in [1.807, 2.05) is 0 Å². The van der Waals surface area contributed by atoms with Crippen molar-refractivity contribution in [1.82, 2.24) is 0 Å². The van der Waals surface area contributed by atoms with Gasteiger partial charge < -0.3 is 37.9 Å². The molecular weight excluding hydrogens is 1790 g/mol. The number of unbranched alkanes of at least 4 members (excludes halogenated alkanes) is 72. The van der Waals surface area contributed by atoms with Crippen LogP contribution in [-0.4, -0.2) is 47.8 Å². The van der Waals surface area contributed by atoms with Crippen molar-refractivity contribution >= 4 is 47.8 Å². The van der Waals surface area contributed by atoms with Crippen LogP contribution in [0.5, 0.6) is 46.0 Å². The van der Waals surface area contributed by atoms with Gasteiger partial charge in [0.15, 0.2) is 46.0 Å². The Morgan fingerprint density at radius 3 is 0.264 bits per heavy atom. The second kappa shape index (κ2) is 86.5. The molecule has 0 unspecified atom stereocenters. The Balaban J connectivity index is 1.95. The van der Waals surface area contributed by atoms with Gasteiger partial charge in [0, 0.05) is 51.4 Å². The van der Waals surface area contributed by atoms with Gasteiger partial charge in [0.1, 0.15) is 0 Å². The van der Waals surface area contributed by atoms with Crippen LogP contribution in [0.4, 0.5) is 0 Å². The van der Waals surface area contributed by atoms with Crippen LogP contribution in [0.15, 0.2) is 48.5 Å². The van der Waals surface area contributed by atoms with Crippen molar-refractivity contribution in [2.45, 2.75) is 620 Å². The summed E-state index contributed by atoms with van der Waals surface area (Å²) in [5, 5.41) is 0. The average molecular weight is 2000 g/mol. The third kappa shape index (κ3) is 59.7. The van der Waals surface area contributed by atoms with Crippen LogP contribution >= 0.6 is 0 Å². The highest BCUT2D eigenvalue weighted by molar-refractivity contribution is 6.07. The summed E-state index contributed by atoms with van der Waals surface area (Å²) in [6.07, 6.45) is 85.3. The van der Waals surface area contributed by atoms with Gasteiger partial charge in [-0.2, -0.15) is 0 Å². The van der Waals surface area contributed by atoms with Gasteiger partial charge in [0.25, 0.3) is 0 Å². The first kappa shape index (κ1) is 127. The van der Waals surface area contributed by atoms with Crippen molar-refractivity contribution in [1.29, 1.82) is 0 Å². The largest absolute Gasteiger partial charge is 0.422 e. The molecule has 16 nitrogen and oxygen atoms in total. The van der Waals surface area contributed by atoms with Gasteiger partial charge in [0.05, 0.1) is 0 Å². The van der Waals surface area contributed by atoms with Crippen molar-refractivity contribution in [3.63, 3.8) is 0 Å². The molecule has 0 spiro atoms. The molecule has 0 bridgehead atoms. The number of hydrogen-bond acceptors (Lipinski definition) is 16. The number of fused-ring (bicyclic) bond motifs is 8. The Kier molecular flexibility index (Phi) is 76.3. The number of rotatable bonds is 96. The number of ether oxygens (including phenoxy) is 8. The summed E-state index contributed by atoms with van der Waals surface area (Å²) in [5.41, 5.74) is 2.80. The zero-order valence-corrected chi connectivity index (χ0v) is 93.4. The van der Waals surface area contributed by atoms with Gasteiger partial charge in [-0.25, -0.2) is 0 Å². The van der Waals surface area contributed by atoms with E-state index in [9.17, 15) is 0 Å². The third-order valence-electron chi connectivity index (χ3n) is 29.2. The Hall–Kier alpha value is -7.36. The number of carbonyl (C=O) groups is 8. The van der Waals surface area contributed by atoms with Gasteiger partial charge in [-0.1, -0.05) is 518 Å². The Bertz CT molecular complexity index is 3250. The second-order valence-electron chi connectivity index (χ2n) is 42.6. The van der Waals surface area contributed by atoms with E-state index in [2.05, 4.69) is 55.4 Å². The number of carbonyl (C=O) groups excluding carboxylic acids is 8. The maximum Gasteiger partial charge on any atom is 0.311 e. The molecule has 1 aliphatic carbocycles. The highest BCUT2D eigenvalue weighted by Gasteiger charge is 2.34. The molecular formula is C128H208O16. The van der Waals surface area contributed by atoms with E-state index in [1.165, 1.54) is 257 Å². The van der Waals surface area contributed by atoms with Crippen LogP contribution in [0.1, 0.15) is 620 Å². The van der Waals surface area contributed by atoms with Crippen LogP contribution < -0.4 is 37.9 Å². The number of hydrogen-bond donors (Lipinski definition) is 0. The molecule has 0 heterocycles. The van der Waals surface area contributed by atoms with Crippen molar-refractivity contribution in [2.75, 3.05) is 0 Å². The molecule has 144 heavy (non-hydrogen) atoms. The predicted molar refractivity (Wildman–Crippen MR) is 599 cm³/mol. The predicted octanol–water partition coefficient (Wildman–Crippen LogP) is 40.4. The van der Waals surface area contributed by atoms with E-state index in [0.29, 0.717) is 95.9 Å². The molecule has 816 valence electrons. The first-order valence-electron chi connectivity index (χ1n) is 61.0. The highest BCUT2D eigenvalue weighted by Crippen LogP contribution is 2.57. The Morgan fingerprint density at radius 1 is 0.118 bits per heavy atom. The fraction of sp³-hybridized carbons (Fsp3) is 0.750. The summed E-state index contributed by atoms with van der Waals surface area (Å²) in [6, 6.07) is 13.5. The molecule has 0 radical (unpaired) electrons. The topological polar surface area (TPSA) is 210 Å². The minimum absolute atomic E-state index is 0.0611. The van der Waals surface area contributed by atoms with E-state index in [4.69, 9.17) is 37.9 Å². The standard InChI is InChI=1S/C128H208O16/c1-9-17-25-33-41-49-57-65-73-81-89-121(129)137-113-97-105-106(98-114(113)138-122(130)90-82-74-66-58-50-42-34-26-18-10-2)108-100-116(140-124(132)92-84-76-68-60-52-44-36-28-20-12-4)118(142-126(134)94-86-78-70-62-54-46-38-30-22-14-6)102-110(108)112-104-120(144-128(136)96-88-80-72-64-56-48-40-32-24-16-8)119(143-127(135)95-87-79-71-63-55-47-39-31-23-15-7)103-111(112)109-101-117(141-125(133)93-85-77-69-61-53-45-37-29-21-13-5)115(99-107(105)109)139-123(131)91-83-75-67-59-51-43-35-27-19-11-3/h97-104H,9-96H2,1-8H3. The van der Waals surface area contributed by atoms with E-state index in [1.54, 1.807) is 48.5 Å². The molecule has 0 fully saturated rings. The summed E-state index contributed by atoms with van der Waals surface area (Å²) in [7, 11) is 0. The zero-order valence-electron chi connectivity index (χ0n) is 93.4. The van der Waals surface area contributed by atoms with Gasteiger partial charge >= 0.3 is 47.8 Å². The van der Waals surface area contributed by atoms with Crippen LogP contribution in [-0.2, 0) is 38.4 Å². The molecule has 0 atom stereocenters. The zero-order chi connectivity index (χ0) is 103. The first-order chi connectivity index (χ1) is 70.6. The quantitative estimate of drug-likeness (QED) is 0.0201. The summed E-state index contributed by atoms with van der Waals surface area (Å²) in [4.78, 5) is 120. The molecule has 1 aliphatic rings. The van der Waals surface area contributed by atoms with Crippen LogP contribution in [0.3, 0.4) is 0 Å². The maximum absolute atomic E-state index is 15.0. The van der Waals surface area contributed by atoms with Crippen LogP contribution in [0.2, 0.25) is 0 Å². The molecule has 0 saturated heterocycles. The van der Waals surface area contributed by atoms with Gasteiger partial charge in [0.2, 0.25) is 0 Å². The van der Waals surface area contributed by atoms with Gasteiger partial charge in [-0.15, -0.1) is 0 Å². The summed E-state index contributed by atoms with van der Waals surface area (Å²) in [5.74, 6) is -4.79. The first-order valence-corrected chi connectivity index (χ1v) is 61.0. The fourth-order valence-corrected chi connectivity index (χ4v) is 20.1. The second-order valence-corrected chi connectivity index (χ2v) is 42.6. The lowest BCUT2D eigenvalue weighted by Crippen LogP contribution is -2.15. The molecule has 4 aromatic rings. The van der Waals surface area contributed by atoms with Crippen LogP contribution in [0.25, 0.3) is 44.5 Å². The lowest BCUT2D eigenvalue weighted by atomic mass is 9.80. The van der Waals surface area contributed by atoms with E-state index in [-0.39, 0.29) is 97.4 Å². The molecule has 0 saturated carbocycles. The minimum atomic E-state index is -0.537. The maximum atomic E-state index is 15.0. The smallest absolute Gasteiger partial charge is 0.311 e. The summed E-state index contributed by atoms with van der Waals surface area (Å²) in [6.45, 7) is 17.9. The molecule has 5 rings (SSSR count). The van der Waals surface area contributed by atoms with E-state index in [0.717, 1.165) is 205 Å². The number of esters is 8. The lowest BCUT2D eigenvalue weighted by molar-refractivity contribution is -0.137. The van der Waals surface area contributed by atoms with Gasteiger partial charge in [-0.3, -0.25) is 38.4 Å². The molecule has 0 N–H and O–H groups in total. The van der Waals surface area contributed by atoms with Crippen molar-refractivity contribution in [2.24, 2.45) is 0 Å². The highest BCUT2D eigenvalue weighted by atomic mass is 16.6.